The molecular formula is C31H47ClN2O4. The van der Waals surface area contributed by atoms with Gasteiger partial charge in [0.05, 0.1) is 16.3 Å². The number of benzene rings is 2. The summed E-state index contributed by atoms with van der Waals surface area (Å²) in [5.74, 6) is -0.455. The van der Waals surface area contributed by atoms with Crippen molar-refractivity contribution in [1.82, 2.24) is 5.32 Å². The van der Waals surface area contributed by atoms with Gasteiger partial charge in [-0.2, -0.15) is 0 Å². The first-order valence-corrected chi connectivity index (χ1v) is 14.8. The maximum Gasteiger partial charge on any atom is 0.255 e. The van der Waals surface area contributed by atoms with Gasteiger partial charge < -0.3 is 20.5 Å². The van der Waals surface area contributed by atoms with Crippen molar-refractivity contribution in [2.75, 3.05) is 25.1 Å². The number of carbonyl (C=O) groups is 2. The van der Waals surface area contributed by atoms with E-state index in [0.717, 1.165) is 13.0 Å². The van der Waals surface area contributed by atoms with E-state index in [1.165, 1.54) is 63.9 Å². The Kier molecular flexibility index (Phi) is 15.2. The number of amides is 2. The second kappa shape index (κ2) is 18.1. The zero-order valence-electron chi connectivity index (χ0n) is 23.5. The van der Waals surface area contributed by atoms with Gasteiger partial charge in [-0.25, -0.2) is 0 Å². The second-order valence-electron chi connectivity index (χ2n) is 10.5. The quantitative estimate of drug-likeness (QED) is 0.155. The SMILES string of the molecule is CCCCCCCCCCCCOCCCNC(=O)c1cc(Cl)c2c(NC(=O)CC(C)C)cccc2c1O. The van der Waals surface area contributed by atoms with Crippen molar-refractivity contribution >= 4 is 39.9 Å². The topological polar surface area (TPSA) is 87.7 Å². The van der Waals surface area contributed by atoms with Crippen LogP contribution < -0.4 is 10.6 Å². The van der Waals surface area contributed by atoms with Crippen molar-refractivity contribution in [2.24, 2.45) is 5.92 Å². The highest BCUT2D eigenvalue weighted by molar-refractivity contribution is 6.38. The van der Waals surface area contributed by atoms with Gasteiger partial charge >= 0.3 is 0 Å². The molecule has 0 unspecified atom stereocenters. The highest BCUT2D eigenvalue weighted by Gasteiger charge is 2.19. The Balaban J connectivity index is 1.71. The van der Waals surface area contributed by atoms with E-state index in [2.05, 4.69) is 17.6 Å². The van der Waals surface area contributed by atoms with Crippen molar-refractivity contribution in [3.05, 3.63) is 34.9 Å². The van der Waals surface area contributed by atoms with Gasteiger partial charge in [-0.3, -0.25) is 9.59 Å². The number of phenols is 1. The molecule has 2 rings (SSSR count). The standard InChI is InChI=1S/C31H47ClN2O4/c1-4-5-6-7-8-9-10-11-12-13-19-38-20-15-18-33-31(37)25-22-26(32)29-24(30(25)36)16-14-17-27(29)34-28(35)21-23(2)3/h14,16-17,22-23,36H,4-13,15,18-21H2,1-3H3,(H,33,37)(H,34,35). The van der Waals surface area contributed by atoms with E-state index in [9.17, 15) is 14.7 Å². The summed E-state index contributed by atoms with van der Waals surface area (Å²) in [5.41, 5.74) is 0.624. The molecule has 0 fully saturated rings. The Labute approximate surface area is 233 Å². The van der Waals surface area contributed by atoms with E-state index >= 15 is 0 Å². The number of phenolic OH excluding ortho intramolecular Hbond substituents is 1. The van der Waals surface area contributed by atoms with E-state index in [-0.39, 0.29) is 23.1 Å². The van der Waals surface area contributed by atoms with Crippen LogP contribution in [0.25, 0.3) is 10.8 Å². The summed E-state index contributed by atoms with van der Waals surface area (Å²) in [6.07, 6.45) is 14.1. The van der Waals surface area contributed by atoms with E-state index < -0.39 is 5.91 Å². The number of fused-ring (bicyclic) bond motifs is 1. The molecule has 2 aromatic rings. The number of unbranched alkanes of at least 4 members (excludes halogenated alkanes) is 9. The van der Waals surface area contributed by atoms with E-state index in [1.807, 2.05) is 13.8 Å². The first-order chi connectivity index (χ1) is 18.3. The molecular weight excluding hydrogens is 500 g/mol. The van der Waals surface area contributed by atoms with Gasteiger partial charge in [0.1, 0.15) is 5.75 Å². The lowest BCUT2D eigenvalue weighted by Gasteiger charge is -2.14. The van der Waals surface area contributed by atoms with E-state index in [1.54, 1.807) is 18.2 Å². The average Bonchev–Trinajstić information content (AvgIpc) is 2.87. The first kappa shape index (κ1) is 31.9. The molecule has 6 nitrogen and oxygen atoms in total. The van der Waals surface area contributed by atoms with Crippen molar-refractivity contribution in [3.63, 3.8) is 0 Å². The molecule has 0 atom stereocenters. The third kappa shape index (κ3) is 11.2. The summed E-state index contributed by atoms with van der Waals surface area (Å²) < 4.78 is 5.71. The molecule has 0 aliphatic heterocycles. The largest absolute Gasteiger partial charge is 0.506 e. The normalized spacial score (nSPS) is 11.3. The number of rotatable bonds is 19. The summed E-state index contributed by atoms with van der Waals surface area (Å²) in [7, 11) is 0. The number of carbonyl (C=O) groups excluding carboxylic acids is 2. The fourth-order valence-electron chi connectivity index (χ4n) is 4.53. The number of aromatic hydroxyl groups is 1. The lowest BCUT2D eigenvalue weighted by Crippen LogP contribution is -2.25. The Morgan fingerprint density at radius 2 is 1.58 bits per heavy atom. The Morgan fingerprint density at radius 3 is 2.24 bits per heavy atom. The Hall–Kier alpha value is -2.31. The van der Waals surface area contributed by atoms with Crippen molar-refractivity contribution < 1.29 is 19.4 Å². The van der Waals surface area contributed by atoms with Crippen molar-refractivity contribution in [3.8, 4) is 5.75 Å². The first-order valence-electron chi connectivity index (χ1n) is 14.4. The summed E-state index contributed by atoms with van der Waals surface area (Å²) in [6.45, 7) is 7.97. The molecule has 0 aliphatic rings. The molecule has 2 aromatic carbocycles. The molecule has 0 saturated heterocycles. The third-order valence-electron chi connectivity index (χ3n) is 6.59. The second-order valence-corrected chi connectivity index (χ2v) is 10.9. The van der Waals surface area contributed by atoms with Gasteiger partial charge in [-0.05, 0) is 30.9 Å². The van der Waals surface area contributed by atoms with Crippen LogP contribution in [0.1, 0.15) is 108 Å². The molecule has 3 N–H and O–H groups in total. The molecule has 0 saturated carbocycles. The van der Waals surface area contributed by atoms with Crippen LogP contribution in [-0.2, 0) is 9.53 Å². The summed E-state index contributed by atoms with van der Waals surface area (Å²) in [5, 5.41) is 17.8. The molecule has 0 radical (unpaired) electrons. The van der Waals surface area contributed by atoms with Crippen LogP contribution >= 0.6 is 11.6 Å². The van der Waals surface area contributed by atoms with Crippen LogP contribution in [0.4, 0.5) is 5.69 Å². The Bertz CT molecular complexity index is 1010. The van der Waals surface area contributed by atoms with E-state index in [4.69, 9.17) is 16.3 Å². The number of hydrogen-bond donors (Lipinski definition) is 3. The molecule has 0 heterocycles. The molecule has 0 spiro atoms. The highest BCUT2D eigenvalue weighted by atomic mass is 35.5. The smallest absolute Gasteiger partial charge is 0.255 e. The van der Waals surface area contributed by atoms with Gasteiger partial charge in [-0.1, -0.05) is 102 Å². The van der Waals surface area contributed by atoms with Crippen LogP contribution in [0.3, 0.4) is 0 Å². The third-order valence-corrected chi connectivity index (χ3v) is 6.89. The Morgan fingerprint density at radius 1 is 0.947 bits per heavy atom. The van der Waals surface area contributed by atoms with Crippen molar-refractivity contribution in [2.45, 2.75) is 97.8 Å². The number of halogens is 1. The summed E-state index contributed by atoms with van der Waals surface area (Å²) in [6, 6.07) is 6.60. The van der Waals surface area contributed by atoms with Gasteiger partial charge in [-0.15, -0.1) is 0 Å². The molecule has 2 amide bonds. The minimum absolute atomic E-state index is 0.111. The minimum Gasteiger partial charge on any atom is -0.506 e. The zero-order valence-corrected chi connectivity index (χ0v) is 24.3. The molecule has 0 aliphatic carbocycles. The fourth-order valence-corrected chi connectivity index (χ4v) is 4.85. The summed E-state index contributed by atoms with van der Waals surface area (Å²) >= 11 is 6.51. The van der Waals surface area contributed by atoms with Gasteiger partial charge in [0.25, 0.3) is 5.91 Å². The maximum atomic E-state index is 12.7. The maximum absolute atomic E-state index is 12.7. The van der Waals surface area contributed by atoms with Crippen LogP contribution in [0.2, 0.25) is 5.02 Å². The number of anilines is 1. The molecule has 38 heavy (non-hydrogen) atoms. The minimum atomic E-state index is -0.393. The monoisotopic (exact) mass is 546 g/mol. The van der Waals surface area contributed by atoms with Crippen LogP contribution in [0, 0.1) is 5.92 Å². The fraction of sp³-hybridized carbons (Fsp3) is 0.613. The molecule has 0 aromatic heterocycles. The van der Waals surface area contributed by atoms with Crippen LogP contribution in [0.15, 0.2) is 24.3 Å². The lowest BCUT2D eigenvalue weighted by atomic mass is 10.0. The number of ether oxygens (including phenoxy) is 1. The zero-order chi connectivity index (χ0) is 27.8. The predicted octanol–water partition coefficient (Wildman–Crippen LogP) is 8.24. The van der Waals surface area contributed by atoms with Crippen LogP contribution in [0.5, 0.6) is 5.75 Å². The predicted molar refractivity (Wildman–Crippen MR) is 158 cm³/mol. The molecule has 212 valence electrons. The summed E-state index contributed by atoms with van der Waals surface area (Å²) in [4.78, 5) is 25.0. The number of hydrogen-bond acceptors (Lipinski definition) is 4. The van der Waals surface area contributed by atoms with Crippen LogP contribution in [-0.4, -0.2) is 36.7 Å². The highest BCUT2D eigenvalue weighted by Crippen LogP contribution is 2.38. The van der Waals surface area contributed by atoms with Gasteiger partial charge in [0.15, 0.2) is 0 Å². The van der Waals surface area contributed by atoms with Gasteiger partial charge in [0, 0.05) is 37.0 Å². The lowest BCUT2D eigenvalue weighted by molar-refractivity contribution is -0.116. The van der Waals surface area contributed by atoms with E-state index in [0.29, 0.717) is 47.5 Å². The number of nitrogens with one attached hydrogen (secondary N) is 2. The van der Waals surface area contributed by atoms with Crippen molar-refractivity contribution in [1.29, 1.82) is 0 Å². The van der Waals surface area contributed by atoms with Gasteiger partial charge in [0.2, 0.25) is 5.91 Å². The molecule has 7 heteroatoms. The molecule has 0 bridgehead atoms. The average molecular weight is 547 g/mol.